The summed E-state index contributed by atoms with van der Waals surface area (Å²) in [6, 6.07) is 105. The zero-order chi connectivity index (χ0) is 45.5. The molecule has 0 aliphatic rings. The van der Waals surface area contributed by atoms with Crippen molar-refractivity contribution in [1.82, 2.24) is 0 Å². The summed E-state index contributed by atoms with van der Waals surface area (Å²) in [5.41, 5.74) is 20.8. The molecule has 11 aromatic carbocycles. The highest BCUT2D eigenvalue weighted by molar-refractivity contribution is 5.85. The smallest absolute Gasteiger partial charge is 0.0467 e. The Labute approximate surface area is 400 Å². The van der Waals surface area contributed by atoms with Gasteiger partial charge in [0, 0.05) is 34.1 Å². The van der Waals surface area contributed by atoms with Crippen molar-refractivity contribution in [3.8, 4) is 66.8 Å². The molecule has 0 N–H and O–H groups in total. The van der Waals surface area contributed by atoms with E-state index in [0.29, 0.717) is 0 Å². The Kier molecular flexibility index (Phi) is 11.8. The fourth-order valence-corrected chi connectivity index (χ4v) is 9.13. The van der Waals surface area contributed by atoms with Crippen LogP contribution < -0.4 is 9.80 Å². The summed E-state index contributed by atoms with van der Waals surface area (Å²) < 4.78 is 0. The maximum atomic E-state index is 2.35. The lowest BCUT2D eigenvalue weighted by Crippen LogP contribution is -2.10. The van der Waals surface area contributed by atoms with Gasteiger partial charge in [-0.05, 0) is 140 Å². The number of nitrogens with zero attached hydrogens (tertiary/aromatic N) is 2. The number of hydrogen-bond acceptors (Lipinski definition) is 2. The molecule has 0 fully saturated rings. The Morgan fingerprint density at radius 3 is 0.574 bits per heavy atom. The summed E-state index contributed by atoms with van der Waals surface area (Å²) in [4.78, 5) is 4.70. The molecule has 0 radical (unpaired) electrons. The first-order valence-corrected chi connectivity index (χ1v) is 23.2. The van der Waals surface area contributed by atoms with Crippen LogP contribution in [0, 0.1) is 0 Å². The SMILES string of the molecule is c1ccc(-c2ccc(N(c3ccc(-c4ccccc4)cc3)c3cccc(-c4ccc(-c5cccc(N(c6ccc(-c7ccccc7)cc6)c6ccc(-c7ccccc7)cc6)c5)cc4)c3)cc2)cc1. The van der Waals surface area contributed by atoms with Crippen LogP contribution in [0.1, 0.15) is 0 Å². The van der Waals surface area contributed by atoms with E-state index in [4.69, 9.17) is 0 Å². The van der Waals surface area contributed by atoms with Gasteiger partial charge in [0.2, 0.25) is 0 Å². The van der Waals surface area contributed by atoms with Crippen molar-refractivity contribution >= 4 is 34.1 Å². The van der Waals surface area contributed by atoms with Crippen LogP contribution in [-0.4, -0.2) is 0 Å². The van der Waals surface area contributed by atoms with Crippen LogP contribution in [0.25, 0.3) is 66.8 Å². The van der Waals surface area contributed by atoms with Gasteiger partial charge in [0.1, 0.15) is 0 Å². The van der Waals surface area contributed by atoms with Gasteiger partial charge in [-0.1, -0.05) is 218 Å². The predicted molar refractivity (Wildman–Crippen MR) is 288 cm³/mol. The molecule has 0 saturated carbocycles. The first-order valence-electron chi connectivity index (χ1n) is 23.2. The number of benzene rings is 11. The van der Waals surface area contributed by atoms with Gasteiger partial charge in [0.15, 0.2) is 0 Å². The Bertz CT molecular complexity index is 2970. The van der Waals surface area contributed by atoms with Crippen LogP contribution in [0.3, 0.4) is 0 Å². The Morgan fingerprint density at radius 2 is 0.324 bits per heavy atom. The molecular weight excluding hydrogens is 821 g/mol. The van der Waals surface area contributed by atoms with E-state index in [0.717, 1.165) is 56.4 Å². The highest BCUT2D eigenvalue weighted by atomic mass is 15.1. The van der Waals surface area contributed by atoms with Gasteiger partial charge in [-0.2, -0.15) is 0 Å². The highest BCUT2D eigenvalue weighted by Crippen LogP contribution is 2.41. The quantitative estimate of drug-likeness (QED) is 0.121. The van der Waals surface area contributed by atoms with Crippen molar-refractivity contribution < 1.29 is 0 Å². The molecule has 11 rings (SSSR count). The summed E-state index contributed by atoms with van der Waals surface area (Å²) in [7, 11) is 0. The van der Waals surface area contributed by atoms with E-state index in [1.165, 1.54) is 44.5 Å². The fraction of sp³-hybridized carbons (Fsp3) is 0. The lowest BCUT2D eigenvalue weighted by Gasteiger charge is -2.26. The van der Waals surface area contributed by atoms with Crippen LogP contribution >= 0.6 is 0 Å². The summed E-state index contributed by atoms with van der Waals surface area (Å²) in [5.74, 6) is 0. The molecule has 2 nitrogen and oxygen atoms in total. The largest absolute Gasteiger partial charge is 0.310 e. The summed E-state index contributed by atoms with van der Waals surface area (Å²) in [5, 5.41) is 0. The molecule has 322 valence electrons. The van der Waals surface area contributed by atoms with E-state index >= 15 is 0 Å². The Morgan fingerprint density at radius 1 is 0.132 bits per heavy atom. The normalized spacial score (nSPS) is 10.9. The first-order chi connectivity index (χ1) is 33.7. The molecule has 0 amide bonds. The highest BCUT2D eigenvalue weighted by Gasteiger charge is 2.17. The zero-order valence-corrected chi connectivity index (χ0v) is 37.6. The maximum absolute atomic E-state index is 2.35. The van der Waals surface area contributed by atoms with Gasteiger partial charge < -0.3 is 9.80 Å². The molecule has 0 aliphatic carbocycles. The first kappa shape index (κ1) is 41.7. The van der Waals surface area contributed by atoms with Crippen molar-refractivity contribution in [3.05, 3.63) is 291 Å². The number of anilines is 6. The van der Waals surface area contributed by atoms with E-state index in [9.17, 15) is 0 Å². The van der Waals surface area contributed by atoms with Crippen LogP contribution in [0.5, 0.6) is 0 Å². The molecule has 2 heteroatoms. The summed E-state index contributed by atoms with van der Waals surface area (Å²) >= 11 is 0. The third-order valence-corrected chi connectivity index (χ3v) is 12.7. The second kappa shape index (κ2) is 19.2. The van der Waals surface area contributed by atoms with Crippen LogP contribution in [0.2, 0.25) is 0 Å². The van der Waals surface area contributed by atoms with Gasteiger partial charge in [0.25, 0.3) is 0 Å². The summed E-state index contributed by atoms with van der Waals surface area (Å²) in [6.07, 6.45) is 0. The molecule has 0 aliphatic heterocycles. The Hall–Kier alpha value is -8.98. The predicted octanol–water partition coefficient (Wildman–Crippen LogP) is 18.6. The summed E-state index contributed by atoms with van der Waals surface area (Å²) in [6.45, 7) is 0. The standard InChI is InChI=1S/C66H48N2/c1-5-15-49(16-6-1)53-31-39-61(40-32-53)67(62-41-33-54(34-42-62)50-17-7-2-8-18-50)65-25-13-23-59(47-65)57-27-29-58(30-28-57)60-24-14-26-66(48-60)68(63-43-35-55(36-44-63)51-19-9-3-10-20-51)64-45-37-56(38-46-64)52-21-11-4-12-22-52/h1-48H. The monoisotopic (exact) mass is 868 g/mol. The van der Waals surface area contributed by atoms with Crippen molar-refractivity contribution in [2.24, 2.45) is 0 Å². The molecule has 0 unspecified atom stereocenters. The minimum absolute atomic E-state index is 1.09. The average molecular weight is 869 g/mol. The van der Waals surface area contributed by atoms with Crippen molar-refractivity contribution in [2.75, 3.05) is 9.80 Å². The average Bonchev–Trinajstić information content (AvgIpc) is 3.43. The third-order valence-electron chi connectivity index (χ3n) is 12.7. The number of rotatable bonds is 12. The van der Waals surface area contributed by atoms with E-state index < -0.39 is 0 Å². The maximum Gasteiger partial charge on any atom is 0.0467 e. The fourth-order valence-electron chi connectivity index (χ4n) is 9.13. The molecule has 68 heavy (non-hydrogen) atoms. The second-order valence-electron chi connectivity index (χ2n) is 17.0. The van der Waals surface area contributed by atoms with Crippen LogP contribution in [0.15, 0.2) is 291 Å². The van der Waals surface area contributed by atoms with Gasteiger partial charge in [-0.25, -0.2) is 0 Å². The molecular formula is C66H48N2. The van der Waals surface area contributed by atoms with Gasteiger partial charge in [-0.3, -0.25) is 0 Å². The number of hydrogen-bond donors (Lipinski definition) is 0. The van der Waals surface area contributed by atoms with Crippen molar-refractivity contribution in [2.45, 2.75) is 0 Å². The topological polar surface area (TPSA) is 6.48 Å². The van der Waals surface area contributed by atoms with Crippen LogP contribution in [0.4, 0.5) is 34.1 Å². The molecule has 0 spiro atoms. The van der Waals surface area contributed by atoms with E-state index in [2.05, 4.69) is 301 Å². The lowest BCUT2D eigenvalue weighted by atomic mass is 9.98. The van der Waals surface area contributed by atoms with E-state index in [1.807, 2.05) is 0 Å². The van der Waals surface area contributed by atoms with E-state index in [-0.39, 0.29) is 0 Å². The van der Waals surface area contributed by atoms with Crippen molar-refractivity contribution in [3.63, 3.8) is 0 Å². The molecule has 0 heterocycles. The van der Waals surface area contributed by atoms with Gasteiger partial charge >= 0.3 is 0 Å². The molecule has 11 aromatic rings. The van der Waals surface area contributed by atoms with E-state index in [1.54, 1.807) is 0 Å². The minimum atomic E-state index is 1.09. The molecule has 0 saturated heterocycles. The van der Waals surface area contributed by atoms with Crippen LogP contribution in [-0.2, 0) is 0 Å². The third kappa shape index (κ3) is 9.00. The molecule has 0 aromatic heterocycles. The zero-order valence-electron chi connectivity index (χ0n) is 37.6. The van der Waals surface area contributed by atoms with Gasteiger partial charge in [0.05, 0.1) is 0 Å². The Balaban J connectivity index is 0.907. The molecule has 0 atom stereocenters. The van der Waals surface area contributed by atoms with Gasteiger partial charge in [-0.15, -0.1) is 0 Å². The lowest BCUT2D eigenvalue weighted by molar-refractivity contribution is 1.28. The minimum Gasteiger partial charge on any atom is -0.310 e. The van der Waals surface area contributed by atoms with Crippen molar-refractivity contribution in [1.29, 1.82) is 0 Å². The molecule has 0 bridgehead atoms. The second-order valence-corrected chi connectivity index (χ2v) is 17.0.